The number of nitrogens with one attached hydrogen (secondary N) is 1. The molecule has 0 saturated heterocycles. The number of methoxy groups -OCH3 is 1. The van der Waals surface area contributed by atoms with Crippen LogP contribution in [0.5, 0.6) is 0 Å². The molecule has 182 valence electrons. The normalized spacial score (nSPS) is 14.5. The lowest BCUT2D eigenvalue weighted by Gasteiger charge is -2.14. The lowest BCUT2D eigenvalue weighted by Crippen LogP contribution is -2.21. The van der Waals surface area contributed by atoms with E-state index in [-0.39, 0.29) is 11.9 Å². The molecule has 4 aromatic rings. The fourth-order valence-corrected chi connectivity index (χ4v) is 4.37. The van der Waals surface area contributed by atoms with Crippen LogP contribution in [0.1, 0.15) is 37.0 Å². The van der Waals surface area contributed by atoms with Crippen LogP contribution < -0.4 is 5.32 Å². The molecule has 3 aromatic carbocycles. The minimum absolute atomic E-state index is 0.170. The van der Waals surface area contributed by atoms with Crippen LogP contribution >= 0.6 is 0 Å². The summed E-state index contributed by atoms with van der Waals surface area (Å²) in [5, 5.41) is 6.49. The second-order valence-electron chi connectivity index (χ2n) is 8.88. The monoisotopic (exact) mass is 482 g/mol. The Morgan fingerprint density at radius 1 is 0.917 bits per heavy atom. The van der Waals surface area contributed by atoms with E-state index in [2.05, 4.69) is 10.5 Å². The summed E-state index contributed by atoms with van der Waals surface area (Å²) in [6, 6.07) is 25.4. The fraction of sp³-hybridized carbons (Fsp3) is 0.207. The van der Waals surface area contributed by atoms with E-state index in [1.54, 1.807) is 13.1 Å². The smallest absolute Gasteiger partial charge is 0.414 e. The predicted molar refractivity (Wildman–Crippen MR) is 135 cm³/mol. The molecule has 1 saturated carbocycles. The molecular weight excluding hydrogens is 456 g/mol. The highest BCUT2D eigenvalue weighted by molar-refractivity contribution is 5.89. The molecule has 1 heterocycles. The van der Waals surface area contributed by atoms with Crippen LogP contribution in [0.4, 0.5) is 10.7 Å². The first-order valence-corrected chi connectivity index (χ1v) is 11.8. The Bertz CT molecular complexity index is 1360. The Hall–Kier alpha value is -4.39. The van der Waals surface area contributed by atoms with Gasteiger partial charge in [-0.2, -0.15) is 0 Å². The van der Waals surface area contributed by atoms with Gasteiger partial charge in [-0.25, -0.2) is 4.79 Å². The Morgan fingerprint density at radius 2 is 1.53 bits per heavy atom. The number of nitrogens with zero attached hydrogens (tertiary/aromatic N) is 1. The minimum Gasteiger partial charge on any atom is -0.468 e. The number of anilines is 1. The second-order valence-corrected chi connectivity index (χ2v) is 8.88. The summed E-state index contributed by atoms with van der Waals surface area (Å²) >= 11 is 0. The number of benzene rings is 3. The summed E-state index contributed by atoms with van der Waals surface area (Å²) in [6.07, 6.45) is 2.16. The van der Waals surface area contributed by atoms with E-state index in [9.17, 15) is 9.59 Å². The maximum absolute atomic E-state index is 12.4. The van der Waals surface area contributed by atoms with E-state index in [0.717, 1.165) is 40.7 Å². The van der Waals surface area contributed by atoms with Crippen molar-refractivity contribution in [2.24, 2.45) is 0 Å². The van der Waals surface area contributed by atoms with Gasteiger partial charge in [0.1, 0.15) is 6.10 Å². The average molecular weight is 483 g/mol. The molecule has 1 fully saturated rings. The zero-order chi connectivity index (χ0) is 25.1. The number of esters is 1. The summed E-state index contributed by atoms with van der Waals surface area (Å²) in [4.78, 5) is 24.6. The first kappa shape index (κ1) is 23.4. The van der Waals surface area contributed by atoms with E-state index in [4.69, 9.17) is 14.0 Å². The van der Waals surface area contributed by atoms with Gasteiger partial charge >= 0.3 is 12.1 Å². The quantitative estimate of drug-likeness (QED) is 0.302. The first-order valence-electron chi connectivity index (χ1n) is 11.8. The first-order chi connectivity index (χ1) is 17.5. The third-order valence-corrected chi connectivity index (χ3v) is 6.63. The van der Waals surface area contributed by atoms with Gasteiger partial charge in [-0.3, -0.25) is 10.1 Å². The molecule has 7 nitrogen and oxygen atoms in total. The van der Waals surface area contributed by atoms with Crippen LogP contribution in [0.2, 0.25) is 0 Å². The van der Waals surface area contributed by atoms with Crippen molar-refractivity contribution in [1.29, 1.82) is 0 Å². The lowest BCUT2D eigenvalue weighted by molar-refractivity contribution is -0.143. The molecule has 7 heteroatoms. The van der Waals surface area contributed by atoms with Gasteiger partial charge in [0.25, 0.3) is 0 Å². The predicted octanol–water partition coefficient (Wildman–Crippen LogP) is 6.52. The largest absolute Gasteiger partial charge is 0.468 e. The van der Waals surface area contributed by atoms with Crippen molar-refractivity contribution in [1.82, 2.24) is 5.16 Å². The number of ether oxygens (including phenoxy) is 2. The van der Waals surface area contributed by atoms with Crippen LogP contribution in [-0.2, 0) is 19.7 Å². The average Bonchev–Trinajstić information content (AvgIpc) is 3.61. The number of carbonyl (C=O) groups excluding carboxylic acids is 2. The zero-order valence-corrected chi connectivity index (χ0v) is 20.1. The highest BCUT2D eigenvalue weighted by atomic mass is 16.6. The maximum atomic E-state index is 12.4. The van der Waals surface area contributed by atoms with Gasteiger partial charge in [-0.05, 0) is 47.6 Å². The van der Waals surface area contributed by atoms with E-state index in [0.29, 0.717) is 5.56 Å². The van der Waals surface area contributed by atoms with Crippen LogP contribution in [0.25, 0.3) is 22.3 Å². The topological polar surface area (TPSA) is 90.7 Å². The summed E-state index contributed by atoms with van der Waals surface area (Å²) in [7, 11) is 1.43. The summed E-state index contributed by atoms with van der Waals surface area (Å²) in [5.74, 6) is 0.0473. The van der Waals surface area contributed by atoms with Crippen LogP contribution in [0, 0.1) is 0 Å². The van der Waals surface area contributed by atoms with Gasteiger partial charge in [0.15, 0.2) is 0 Å². The molecule has 1 aromatic heterocycles. The third kappa shape index (κ3) is 4.60. The van der Waals surface area contributed by atoms with Crippen molar-refractivity contribution in [2.45, 2.75) is 31.3 Å². The maximum Gasteiger partial charge on any atom is 0.414 e. The number of carbonyl (C=O) groups is 2. The van der Waals surface area contributed by atoms with E-state index >= 15 is 0 Å². The molecule has 5 rings (SSSR count). The Labute approximate surface area is 209 Å². The molecule has 0 aliphatic heterocycles. The molecule has 1 aliphatic carbocycles. The van der Waals surface area contributed by atoms with Gasteiger partial charge in [0, 0.05) is 0 Å². The molecule has 36 heavy (non-hydrogen) atoms. The molecule has 0 spiro atoms. The van der Waals surface area contributed by atoms with E-state index in [1.807, 2.05) is 78.9 Å². The Balaban J connectivity index is 1.27. The van der Waals surface area contributed by atoms with Crippen LogP contribution in [0.15, 0.2) is 89.6 Å². The number of hydrogen-bond acceptors (Lipinski definition) is 6. The van der Waals surface area contributed by atoms with Crippen molar-refractivity contribution < 1.29 is 23.6 Å². The molecule has 1 atom stereocenters. The Morgan fingerprint density at radius 3 is 2.14 bits per heavy atom. The number of amides is 1. The minimum atomic E-state index is -0.624. The van der Waals surface area contributed by atoms with Crippen molar-refractivity contribution in [3.05, 3.63) is 96.2 Å². The highest BCUT2D eigenvalue weighted by Crippen LogP contribution is 2.49. The van der Waals surface area contributed by atoms with Gasteiger partial charge in [0.2, 0.25) is 5.88 Å². The standard InChI is InChI=1S/C29H26N2O5/c1-19(20-6-4-3-5-7-20)35-28(33)31-26-25(18-30-36-26)23-10-8-21(9-11-23)22-12-14-24(15-13-22)29(16-17-29)27(32)34-2/h3-15,18-19H,16-17H2,1-2H3,(H,31,33)/t19-/m1/s1. The van der Waals surface area contributed by atoms with E-state index < -0.39 is 17.6 Å². The summed E-state index contributed by atoms with van der Waals surface area (Å²) in [5.41, 5.74) is 4.95. The van der Waals surface area contributed by atoms with Gasteiger partial charge in [-0.1, -0.05) is 84.0 Å². The van der Waals surface area contributed by atoms with Crippen LogP contribution in [0.3, 0.4) is 0 Å². The molecule has 0 bridgehead atoms. The molecule has 1 aliphatic rings. The van der Waals surface area contributed by atoms with Gasteiger partial charge in [-0.15, -0.1) is 0 Å². The number of rotatable bonds is 7. The Kier molecular flexibility index (Phi) is 6.29. The summed E-state index contributed by atoms with van der Waals surface area (Å²) in [6.45, 7) is 1.81. The lowest BCUT2D eigenvalue weighted by atomic mass is 9.93. The van der Waals surface area contributed by atoms with Crippen LogP contribution in [-0.4, -0.2) is 24.3 Å². The fourth-order valence-electron chi connectivity index (χ4n) is 4.37. The number of hydrogen-bond donors (Lipinski definition) is 1. The van der Waals surface area contributed by atoms with Crippen molar-refractivity contribution in [3.63, 3.8) is 0 Å². The SMILES string of the molecule is COC(=O)C1(c2ccc(-c3ccc(-c4cnoc4NC(=O)O[C@H](C)c4ccccc4)cc3)cc2)CC1. The van der Waals surface area contributed by atoms with Crippen molar-refractivity contribution >= 4 is 17.9 Å². The van der Waals surface area contributed by atoms with Crippen molar-refractivity contribution in [2.75, 3.05) is 12.4 Å². The second kappa shape index (κ2) is 9.70. The molecule has 1 amide bonds. The van der Waals surface area contributed by atoms with Gasteiger partial charge in [0.05, 0.1) is 24.3 Å². The van der Waals surface area contributed by atoms with Gasteiger partial charge < -0.3 is 14.0 Å². The molecular formula is C29H26N2O5. The molecule has 0 unspecified atom stereocenters. The summed E-state index contributed by atoms with van der Waals surface area (Å²) < 4.78 is 15.7. The number of aromatic nitrogens is 1. The highest BCUT2D eigenvalue weighted by Gasteiger charge is 2.52. The zero-order valence-electron chi connectivity index (χ0n) is 20.1. The van der Waals surface area contributed by atoms with Crippen molar-refractivity contribution in [3.8, 4) is 22.3 Å². The van der Waals surface area contributed by atoms with E-state index in [1.165, 1.54) is 7.11 Å². The molecule has 1 N–H and O–H groups in total. The molecule has 0 radical (unpaired) electrons. The third-order valence-electron chi connectivity index (χ3n) is 6.63.